The molecule has 0 radical (unpaired) electrons. The van der Waals surface area contributed by atoms with E-state index in [2.05, 4.69) is 16.2 Å². The Hall–Kier alpha value is -3.15. The van der Waals surface area contributed by atoms with Crippen molar-refractivity contribution in [2.24, 2.45) is 5.16 Å². The summed E-state index contributed by atoms with van der Waals surface area (Å²) in [6, 6.07) is 12.0. The molecule has 1 unspecified atom stereocenters. The van der Waals surface area contributed by atoms with Gasteiger partial charge in [-0.25, -0.2) is 4.79 Å². The van der Waals surface area contributed by atoms with Crippen LogP contribution < -0.4 is 5.36 Å². The molecular formula is C19H17N3O3. The van der Waals surface area contributed by atoms with Gasteiger partial charge in [-0.15, -0.1) is 0 Å². The third kappa shape index (κ3) is 2.46. The van der Waals surface area contributed by atoms with E-state index in [0.717, 1.165) is 27.3 Å². The maximum absolute atomic E-state index is 11.8. The molecule has 0 fully saturated rings. The van der Waals surface area contributed by atoms with Gasteiger partial charge in [-0.2, -0.15) is 0 Å². The van der Waals surface area contributed by atoms with Crippen molar-refractivity contribution in [3.63, 3.8) is 0 Å². The van der Waals surface area contributed by atoms with E-state index in [4.69, 9.17) is 9.57 Å². The van der Waals surface area contributed by atoms with Crippen LogP contribution in [-0.2, 0) is 14.4 Å². The van der Waals surface area contributed by atoms with Crippen LogP contribution in [0.15, 0.2) is 53.9 Å². The number of nitrogens with zero attached hydrogens (tertiary/aromatic N) is 3. The molecule has 0 aliphatic rings. The maximum atomic E-state index is 11.8. The number of hydrogen-bond donors (Lipinski definition) is 0. The molecule has 4 aromatic rings. The molecule has 6 heteroatoms. The number of hydrogen-bond acceptors (Lipinski definition) is 5. The highest BCUT2D eigenvalue weighted by molar-refractivity contribution is 6.08. The van der Waals surface area contributed by atoms with Crippen molar-refractivity contribution in [3.05, 3.63) is 54.1 Å². The van der Waals surface area contributed by atoms with Crippen LogP contribution >= 0.6 is 0 Å². The molecule has 1 aromatic carbocycles. The van der Waals surface area contributed by atoms with Gasteiger partial charge in [0, 0.05) is 17.8 Å². The van der Waals surface area contributed by atoms with Gasteiger partial charge in [-0.1, -0.05) is 17.3 Å². The van der Waals surface area contributed by atoms with Gasteiger partial charge >= 0.3 is 5.97 Å². The van der Waals surface area contributed by atoms with Gasteiger partial charge in [-0.05, 0) is 43.5 Å². The predicted octanol–water partition coefficient (Wildman–Crippen LogP) is 2.86. The van der Waals surface area contributed by atoms with Gasteiger partial charge in [0.15, 0.2) is 5.36 Å². The molecule has 3 heterocycles. The molecule has 1 atom stereocenters. The SMILES string of the molecule is CCOC(=O)C(C)ON=c1c2nccc3cccc(c32)n2cccc12. The van der Waals surface area contributed by atoms with E-state index >= 15 is 0 Å². The average Bonchev–Trinajstić information content (AvgIpc) is 3.11. The van der Waals surface area contributed by atoms with E-state index in [1.807, 2.05) is 40.9 Å². The fraction of sp³-hybridized carbons (Fsp3) is 0.211. The summed E-state index contributed by atoms with van der Waals surface area (Å²) in [5.41, 5.74) is 2.67. The molecule has 4 rings (SSSR count). The Morgan fingerprint density at radius 1 is 1.24 bits per heavy atom. The number of aromatic nitrogens is 2. The van der Waals surface area contributed by atoms with Crippen LogP contribution in [-0.4, -0.2) is 28.1 Å². The third-order valence-electron chi connectivity index (χ3n) is 4.17. The maximum Gasteiger partial charge on any atom is 0.349 e. The molecule has 0 aliphatic carbocycles. The van der Waals surface area contributed by atoms with Crippen LogP contribution in [0.5, 0.6) is 0 Å². The highest BCUT2D eigenvalue weighted by Gasteiger charge is 2.16. The van der Waals surface area contributed by atoms with E-state index < -0.39 is 12.1 Å². The number of benzene rings is 1. The number of ether oxygens (including phenoxy) is 1. The van der Waals surface area contributed by atoms with Gasteiger partial charge in [0.1, 0.15) is 5.52 Å². The van der Waals surface area contributed by atoms with E-state index in [1.165, 1.54) is 0 Å². The molecule has 0 amide bonds. The fourth-order valence-electron chi connectivity index (χ4n) is 3.02. The molecular weight excluding hydrogens is 318 g/mol. The molecule has 126 valence electrons. The quantitative estimate of drug-likeness (QED) is 0.425. The Bertz CT molecular complexity index is 1130. The minimum atomic E-state index is -0.785. The van der Waals surface area contributed by atoms with Crippen LogP contribution in [0.3, 0.4) is 0 Å². The van der Waals surface area contributed by atoms with Crippen molar-refractivity contribution >= 4 is 33.3 Å². The van der Waals surface area contributed by atoms with Crippen molar-refractivity contribution in [1.82, 2.24) is 9.38 Å². The second kappa shape index (κ2) is 6.05. The molecule has 0 N–H and O–H groups in total. The van der Waals surface area contributed by atoms with Gasteiger partial charge in [0.2, 0.25) is 6.10 Å². The Labute approximate surface area is 143 Å². The minimum Gasteiger partial charge on any atom is -0.463 e. The van der Waals surface area contributed by atoms with Crippen molar-refractivity contribution in [2.75, 3.05) is 6.61 Å². The summed E-state index contributed by atoms with van der Waals surface area (Å²) in [5.74, 6) is -0.440. The Balaban J connectivity index is 1.96. The first-order chi connectivity index (χ1) is 12.2. The second-order valence-electron chi connectivity index (χ2n) is 5.74. The topological polar surface area (TPSA) is 65.2 Å². The number of carbonyl (C=O) groups excluding carboxylic acids is 1. The fourth-order valence-corrected chi connectivity index (χ4v) is 3.02. The van der Waals surface area contributed by atoms with Gasteiger partial charge in [0.05, 0.1) is 17.6 Å². The monoisotopic (exact) mass is 335 g/mol. The van der Waals surface area contributed by atoms with E-state index in [0.29, 0.717) is 12.0 Å². The molecule has 0 spiro atoms. The molecule has 0 aliphatic heterocycles. The molecule has 0 saturated heterocycles. The number of fused-ring (bicyclic) bond motifs is 2. The molecule has 6 nitrogen and oxygen atoms in total. The number of esters is 1. The lowest BCUT2D eigenvalue weighted by Gasteiger charge is -2.10. The average molecular weight is 335 g/mol. The summed E-state index contributed by atoms with van der Waals surface area (Å²) >= 11 is 0. The summed E-state index contributed by atoms with van der Waals surface area (Å²) in [4.78, 5) is 21.7. The predicted molar refractivity (Wildman–Crippen MR) is 94.1 cm³/mol. The van der Waals surface area contributed by atoms with Gasteiger partial charge in [-0.3, -0.25) is 4.98 Å². The number of pyridine rings is 2. The standard InChI is InChI=1S/C19H17N3O3/c1-3-24-19(23)12(2)25-21-17-15-8-5-11-22(15)14-7-4-6-13-9-10-20-18(17)16(13)14/h4-12H,3H2,1-2H3. The summed E-state index contributed by atoms with van der Waals surface area (Å²) in [6.07, 6.45) is 2.95. The highest BCUT2D eigenvalue weighted by Crippen LogP contribution is 2.24. The summed E-state index contributed by atoms with van der Waals surface area (Å²) < 4.78 is 7.01. The first-order valence-corrected chi connectivity index (χ1v) is 8.17. The van der Waals surface area contributed by atoms with E-state index in [1.54, 1.807) is 20.0 Å². The number of rotatable bonds is 4. The summed E-state index contributed by atoms with van der Waals surface area (Å²) in [6.45, 7) is 3.68. The van der Waals surface area contributed by atoms with E-state index in [-0.39, 0.29) is 0 Å². The van der Waals surface area contributed by atoms with Crippen LogP contribution in [0.25, 0.3) is 27.3 Å². The van der Waals surface area contributed by atoms with Crippen molar-refractivity contribution in [2.45, 2.75) is 20.0 Å². The molecule has 3 aromatic heterocycles. The second-order valence-corrected chi connectivity index (χ2v) is 5.74. The Morgan fingerprint density at radius 2 is 2.08 bits per heavy atom. The van der Waals surface area contributed by atoms with Gasteiger partial charge in [0.25, 0.3) is 0 Å². The van der Waals surface area contributed by atoms with Gasteiger partial charge < -0.3 is 14.0 Å². The molecule has 25 heavy (non-hydrogen) atoms. The van der Waals surface area contributed by atoms with Crippen LogP contribution in [0.1, 0.15) is 13.8 Å². The van der Waals surface area contributed by atoms with Crippen LogP contribution in [0.4, 0.5) is 0 Å². The minimum absolute atomic E-state index is 0.306. The molecule has 0 bridgehead atoms. The zero-order valence-electron chi connectivity index (χ0n) is 14.0. The normalized spacial score (nSPS) is 13.6. The van der Waals surface area contributed by atoms with Crippen LogP contribution in [0.2, 0.25) is 0 Å². The number of carbonyl (C=O) groups is 1. The highest BCUT2D eigenvalue weighted by atomic mass is 16.7. The Morgan fingerprint density at radius 3 is 2.92 bits per heavy atom. The zero-order chi connectivity index (χ0) is 17.4. The lowest BCUT2D eigenvalue weighted by molar-refractivity contribution is -0.155. The largest absolute Gasteiger partial charge is 0.463 e. The zero-order valence-corrected chi connectivity index (χ0v) is 14.0. The lowest BCUT2D eigenvalue weighted by atomic mass is 10.1. The smallest absolute Gasteiger partial charge is 0.349 e. The van der Waals surface area contributed by atoms with Crippen molar-refractivity contribution < 1.29 is 14.4 Å². The lowest BCUT2D eigenvalue weighted by Crippen LogP contribution is -2.23. The Kier molecular flexibility index (Phi) is 3.72. The summed E-state index contributed by atoms with van der Waals surface area (Å²) in [5, 5.41) is 6.95. The first-order valence-electron chi connectivity index (χ1n) is 8.17. The van der Waals surface area contributed by atoms with Crippen LogP contribution in [0, 0.1) is 0 Å². The third-order valence-corrected chi connectivity index (χ3v) is 4.17. The van der Waals surface area contributed by atoms with E-state index in [9.17, 15) is 4.79 Å². The summed E-state index contributed by atoms with van der Waals surface area (Å²) in [7, 11) is 0. The molecule has 0 saturated carbocycles. The first kappa shape index (κ1) is 15.4. The van der Waals surface area contributed by atoms with Crippen molar-refractivity contribution in [3.8, 4) is 0 Å². The van der Waals surface area contributed by atoms with Crippen molar-refractivity contribution in [1.29, 1.82) is 0 Å².